The Bertz CT molecular complexity index is 409. The lowest BCUT2D eigenvalue weighted by Gasteiger charge is -2.34. The highest BCUT2D eigenvalue weighted by Crippen LogP contribution is 2.15. The van der Waals surface area contributed by atoms with Crippen LogP contribution in [-0.2, 0) is 4.74 Å². The van der Waals surface area contributed by atoms with Gasteiger partial charge in [-0.1, -0.05) is 0 Å². The molecule has 0 spiro atoms. The predicted octanol–water partition coefficient (Wildman–Crippen LogP) is 1.34. The van der Waals surface area contributed by atoms with Crippen molar-refractivity contribution in [1.29, 1.82) is 0 Å². The maximum atomic E-state index is 10.4. The van der Waals surface area contributed by atoms with E-state index in [1.807, 2.05) is 13.0 Å². The highest BCUT2D eigenvalue weighted by molar-refractivity contribution is 9.10. The number of β-amino-alcohol motifs (C(OH)–C–C–N with tert-alkyl or cyclic N) is 1. The average molecular weight is 330 g/mol. The molecule has 6 heteroatoms. The molecule has 2 heterocycles. The molecule has 1 aliphatic rings. The lowest BCUT2D eigenvalue weighted by atomic mass is 10.1. The van der Waals surface area contributed by atoms with Crippen LogP contribution in [0.3, 0.4) is 0 Å². The highest BCUT2D eigenvalue weighted by atomic mass is 79.9. The zero-order valence-electron chi connectivity index (χ0n) is 11.1. The first-order valence-corrected chi connectivity index (χ1v) is 7.21. The van der Waals surface area contributed by atoms with E-state index in [9.17, 15) is 5.11 Å². The fourth-order valence-electron chi connectivity index (χ4n) is 2.10. The van der Waals surface area contributed by atoms with Gasteiger partial charge in [-0.3, -0.25) is 9.88 Å². The number of aliphatic hydroxyl groups is 1. The third kappa shape index (κ3) is 5.06. The summed E-state index contributed by atoms with van der Waals surface area (Å²) in [7, 11) is 0. The SMILES string of the molecule is C[C@](O)(CNc1cncc(Br)c1)CN1CCOCC1. The third-order valence-corrected chi connectivity index (χ3v) is 3.48. The van der Waals surface area contributed by atoms with E-state index in [-0.39, 0.29) is 0 Å². The van der Waals surface area contributed by atoms with Crippen LogP contribution < -0.4 is 5.32 Å². The summed E-state index contributed by atoms with van der Waals surface area (Å²) < 4.78 is 6.23. The molecule has 0 bridgehead atoms. The molecular formula is C13H20BrN3O2. The normalized spacial score (nSPS) is 19.9. The zero-order chi connectivity index (χ0) is 13.7. The van der Waals surface area contributed by atoms with Crippen molar-refractivity contribution in [3.8, 4) is 0 Å². The number of anilines is 1. The Morgan fingerprint density at radius 3 is 2.89 bits per heavy atom. The van der Waals surface area contributed by atoms with Gasteiger partial charge in [0.2, 0.25) is 0 Å². The molecule has 0 aromatic carbocycles. The quantitative estimate of drug-likeness (QED) is 0.853. The van der Waals surface area contributed by atoms with Gasteiger partial charge in [0.05, 0.1) is 30.7 Å². The second-order valence-corrected chi connectivity index (χ2v) is 6.05. The number of ether oxygens (including phenoxy) is 1. The molecule has 0 saturated carbocycles. The summed E-state index contributed by atoms with van der Waals surface area (Å²) >= 11 is 3.38. The monoisotopic (exact) mass is 329 g/mol. The number of aromatic nitrogens is 1. The molecule has 1 aromatic rings. The van der Waals surface area contributed by atoms with Gasteiger partial charge in [-0.2, -0.15) is 0 Å². The minimum Gasteiger partial charge on any atom is -0.387 e. The number of nitrogens with one attached hydrogen (secondary N) is 1. The predicted molar refractivity (Wildman–Crippen MR) is 78.3 cm³/mol. The summed E-state index contributed by atoms with van der Waals surface area (Å²) in [6.45, 7) is 6.25. The molecule has 1 fully saturated rings. The standard InChI is InChI=1S/C13H20BrN3O2/c1-13(18,10-17-2-4-19-5-3-17)9-16-12-6-11(14)7-15-8-12/h6-8,16,18H,2-5,9-10H2,1H3/t13-/m0/s1. The molecule has 5 nitrogen and oxygen atoms in total. The number of hydrogen-bond acceptors (Lipinski definition) is 5. The van der Waals surface area contributed by atoms with Crippen LogP contribution in [0.2, 0.25) is 0 Å². The number of pyridine rings is 1. The van der Waals surface area contributed by atoms with Crippen molar-refractivity contribution < 1.29 is 9.84 Å². The van der Waals surface area contributed by atoms with Crippen LogP contribution in [0.15, 0.2) is 22.9 Å². The number of halogens is 1. The van der Waals surface area contributed by atoms with Crippen LogP contribution in [0.5, 0.6) is 0 Å². The maximum absolute atomic E-state index is 10.4. The zero-order valence-corrected chi connectivity index (χ0v) is 12.7. The fraction of sp³-hybridized carbons (Fsp3) is 0.615. The van der Waals surface area contributed by atoms with Crippen LogP contribution in [0.25, 0.3) is 0 Å². The van der Waals surface area contributed by atoms with Gasteiger partial charge in [0.25, 0.3) is 0 Å². The third-order valence-electron chi connectivity index (χ3n) is 3.05. The van der Waals surface area contributed by atoms with Crippen LogP contribution >= 0.6 is 15.9 Å². The molecule has 1 saturated heterocycles. The van der Waals surface area contributed by atoms with Crippen molar-refractivity contribution >= 4 is 21.6 Å². The maximum Gasteiger partial charge on any atom is 0.0917 e. The summed E-state index contributed by atoms with van der Waals surface area (Å²) in [6, 6.07) is 1.94. The van der Waals surface area contributed by atoms with E-state index in [4.69, 9.17) is 4.74 Å². The minimum atomic E-state index is -0.778. The number of rotatable bonds is 5. The van der Waals surface area contributed by atoms with Gasteiger partial charge >= 0.3 is 0 Å². The second-order valence-electron chi connectivity index (χ2n) is 5.13. The number of hydrogen-bond donors (Lipinski definition) is 2. The van der Waals surface area contributed by atoms with Crippen LogP contribution in [0.1, 0.15) is 6.92 Å². The molecule has 0 amide bonds. The van der Waals surface area contributed by atoms with E-state index in [0.717, 1.165) is 36.5 Å². The van der Waals surface area contributed by atoms with Crippen LogP contribution in [0, 0.1) is 0 Å². The van der Waals surface area contributed by atoms with E-state index in [0.29, 0.717) is 13.1 Å². The van der Waals surface area contributed by atoms with Crippen molar-refractivity contribution in [2.45, 2.75) is 12.5 Å². The number of morpholine rings is 1. The molecule has 2 rings (SSSR count). The fourth-order valence-corrected chi connectivity index (χ4v) is 2.46. The lowest BCUT2D eigenvalue weighted by molar-refractivity contribution is -0.0163. The summed E-state index contributed by atoms with van der Waals surface area (Å²) in [5, 5.41) is 13.6. The van der Waals surface area contributed by atoms with E-state index in [2.05, 4.69) is 31.1 Å². The van der Waals surface area contributed by atoms with Gasteiger partial charge in [-0.25, -0.2) is 0 Å². The molecule has 1 aliphatic heterocycles. The Kier molecular flexibility index (Phi) is 5.15. The topological polar surface area (TPSA) is 57.6 Å². The largest absolute Gasteiger partial charge is 0.387 e. The van der Waals surface area contributed by atoms with Gasteiger partial charge in [-0.15, -0.1) is 0 Å². The van der Waals surface area contributed by atoms with Crippen molar-refractivity contribution in [1.82, 2.24) is 9.88 Å². The van der Waals surface area contributed by atoms with Crippen molar-refractivity contribution in [3.05, 3.63) is 22.9 Å². The molecule has 1 aromatic heterocycles. The van der Waals surface area contributed by atoms with E-state index < -0.39 is 5.60 Å². The average Bonchev–Trinajstić information content (AvgIpc) is 2.37. The lowest BCUT2D eigenvalue weighted by Crippen LogP contribution is -2.49. The van der Waals surface area contributed by atoms with Crippen molar-refractivity contribution in [3.63, 3.8) is 0 Å². The molecule has 1 atom stereocenters. The van der Waals surface area contributed by atoms with Crippen LogP contribution in [-0.4, -0.2) is 60.0 Å². The van der Waals surface area contributed by atoms with Gasteiger partial charge in [0.1, 0.15) is 0 Å². The van der Waals surface area contributed by atoms with Crippen LogP contribution in [0.4, 0.5) is 5.69 Å². The van der Waals surface area contributed by atoms with E-state index >= 15 is 0 Å². The van der Waals surface area contributed by atoms with Crippen molar-refractivity contribution in [2.75, 3.05) is 44.7 Å². The first kappa shape index (κ1) is 14.7. The van der Waals surface area contributed by atoms with Gasteiger partial charge in [0, 0.05) is 36.8 Å². The Morgan fingerprint density at radius 1 is 1.47 bits per heavy atom. The smallest absolute Gasteiger partial charge is 0.0917 e. The Balaban J connectivity index is 1.82. The molecule has 0 aliphatic carbocycles. The first-order valence-electron chi connectivity index (χ1n) is 6.42. The first-order chi connectivity index (χ1) is 9.05. The summed E-state index contributed by atoms with van der Waals surface area (Å²) in [5.74, 6) is 0. The highest BCUT2D eigenvalue weighted by Gasteiger charge is 2.25. The molecule has 19 heavy (non-hydrogen) atoms. The Labute approximate surface area is 122 Å². The van der Waals surface area contributed by atoms with Gasteiger partial charge < -0.3 is 15.2 Å². The Hall–Kier alpha value is -0.690. The van der Waals surface area contributed by atoms with Crippen molar-refractivity contribution in [2.24, 2.45) is 0 Å². The molecule has 0 radical (unpaired) electrons. The molecule has 2 N–H and O–H groups in total. The second kappa shape index (κ2) is 6.65. The van der Waals surface area contributed by atoms with Gasteiger partial charge in [-0.05, 0) is 28.9 Å². The van der Waals surface area contributed by atoms with E-state index in [1.165, 1.54) is 0 Å². The Morgan fingerprint density at radius 2 is 2.21 bits per heavy atom. The summed E-state index contributed by atoms with van der Waals surface area (Å²) in [6.07, 6.45) is 3.48. The number of nitrogens with zero attached hydrogens (tertiary/aromatic N) is 2. The summed E-state index contributed by atoms with van der Waals surface area (Å²) in [4.78, 5) is 6.31. The summed E-state index contributed by atoms with van der Waals surface area (Å²) in [5.41, 5.74) is 0.122. The van der Waals surface area contributed by atoms with Gasteiger partial charge in [0.15, 0.2) is 0 Å². The van der Waals surface area contributed by atoms with E-state index in [1.54, 1.807) is 12.4 Å². The molecular weight excluding hydrogens is 310 g/mol. The minimum absolute atomic E-state index is 0.489. The molecule has 0 unspecified atom stereocenters. The molecule has 106 valence electrons.